The van der Waals surface area contributed by atoms with Crippen molar-refractivity contribution in [2.45, 2.75) is 136 Å². The molecule has 0 amide bonds. The van der Waals surface area contributed by atoms with Gasteiger partial charge in [-0.1, -0.05) is 315 Å². The van der Waals surface area contributed by atoms with Gasteiger partial charge in [-0.15, -0.1) is 0 Å². The fraction of sp³-hybridized carbons (Fsp3) is 0.212. The van der Waals surface area contributed by atoms with E-state index in [0.29, 0.717) is 5.56 Å². The van der Waals surface area contributed by atoms with Gasteiger partial charge in [0, 0.05) is 44.6 Å². The summed E-state index contributed by atoms with van der Waals surface area (Å²) in [5.41, 5.74) is 28.3. The lowest BCUT2D eigenvalue weighted by atomic mass is 9.29. The molecule has 0 unspecified atom stereocenters. The number of anilines is 6. The molecule has 4 heteroatoms. The van der Waals surface area contributed by atoms with Crippen LogP contribution in [0.1, 0.15) is 161 Å². The molecule has 3 aliphatic heterocycles. The Hall–Kier alpha value is -10.7. The summed E-state index contributed by atoms with van der Waals surface area (Å²) < 4.78 is 49.5. The van der Waals surface area contributed by atoms with E-state index in [9.17, 15) is 5.48 Å². The van der Waals surface area contributed by atoms with Gasteiger partial charge in [0.25, 0.3) is 0 Å². The first-order valence-electron chi connectivity index (χ1n) is 39.3. The van der Waals surface area contributed by atoms with Gasteiger partial charge in [0.2, 0.25) is 6.71 Å². The molecule has 0 saturated heterocycles. The molecule has 103 heavy (non-hydrogen) atoms. The van der Waals surface area contributed by atoms with E-state index in [2.05, 4.69) is 367 Å². The third-order valence-electron chi connectivity index (χ3n) is 22.4. The second-order valence-corrected chi connectivity index (χ2v) is 34.2. The van der Waals surface area contributed by atoms with Crippen molar-refractivity contribution in [3.63, 3.8) is 0 Å². The van der Waals surface area contributed by atoms with Gasteiger partial charge in [-0.3, -0.25) is 0 Å². The first kappa shape index (κ1) is 60.0. The summed E-state index contributed by atoms with van der Waals surface area (Å²) in [4.78, 5) is 5.05. The number of benzene rings is 13. The Morgan fingerprint density at radius 2 is 0.767 bits per heavy atom. The van der Waals surface area contributed by atoms with Gasteiger partial charge in [-0.05, 0) is 200 Å². The van der Waals surface area contributed by atoms with Gasteiger partial charge in [0.1, 0.15) is 0 Å². The average molecular weight is 1340 g/mol. The highest BCUT2D eigenvalue weighted by Gasteiger charge is 2.56. The summed E-state index contributed by atoms with van der Waals surface area (Å²) in [6.07, 6.45) is 0. The monoisotopic (exact) mass is 1340 g/mol. The average Bonchev–Trinajstić information content (AvgIpc) is 0.725. The molecule has 0 aliphatic carbocycles. The van der Waals surface area contributed by atoms with Gasteiger partial charge in [0.15, 0.2) is 0 Å². The Morgan fingerprint density at radius 1 is 0.301 bits per heavy atom. The molecule has 1 spiro atoms. The molecule has 1 aromatic heterocycles. The van der Waals surface area contributed by atoms with E-state index in [-0.39, 0.29) is 56.8 Å². The van der Waals surface area contributed by atoms with Crippen LogP contribution < -0.4 is 26.2 Å². The summed E-state index contributed by atoms with van der Waals surface area (Å²) in [7, 11) is 0. The maximum atomic E-state index is 9.77. The second-order valence-electron chi connectivity index (χ2n) is 34.2. The quantitative estimate of drug-likeness (QED) is 0.147. The summed E-state index contributed by atoms with van der Waals surface area (Å²) in [5, 5.41) is 2.38. The van der Waals surface area contributed by atoms with Crippen molar-refractivity contribution in [3.8, 4) is 50.2 Å². The summed E-state index contributed by atoms with van der Waals surface area (Å²) in [5.74, 6) is 0. The number of hydrogen-bond acceptors (Lipinski definition) is 2. The van der Waals surface area contributed by atoms with Gasteiger partial charge in [-0.2, -0.15) is 0 Å². The minimum atomic E-state index is -1.06. The molecule has 4 heterocycles. The lowest BCUT2D eigenvalue weighted by molar-refractivity contribution is 0.569. The van der Waals surface area contributed by atoms with E-state index in [0.717, 1.165) is 123 Å². The molecule has 14 aromatic rings. The number of fused-ring (bicyclic) bond motifs is 13. The minimum absolute atomic E-state index is 0.139. The van der Waals surface area contributed by atoms with E-state index < -0.39 is 18.2 Å². The molecule has 0 saturated carbocycles. The fourth-order valence-electron chi connectivity index (χ4n) is 17.0. The Balaban J connectivity index is 1.13. The van der Waals surface area contributed by atoms with E-state index in [1.165, 1.54) is 38.6 Å². The maximum absolute atomic E-state index is 9.77. The van der Waals surface area contributed by atoms with Gasteiger partial charge < -0.3 is 14.4 Å². The summed E-state index contributed by atoms with van der Waals surface area (Å²) in [6, 6.07) is 94.4. The normalized spacial score (nSPS) is 14.7. The molecule has 0 N–H and O–H groups in total. The predicted molar refractivity (Wildman–Crippen MR) is 442 cm³/mol. The maximum Gasteiger partial charge on any atom is 0.247 e. The van der Waals surface area contributed by atoms with E-state index in [4.69, 9.17) is 1.37 Å². The smallest absolute Gasteiger partial charge is 0.247 e. The van der Waals surface area contributed by atoms with Crippen molar-refractivity contribution in [1.29, 1.82) is 0 Å². The molecule has 506 valence electrons. The first-order chi connectivity index (χ1) is 51.3. The molecule has 0 fully saturated rings. The SMILES string of the molecule is [2H]c1c([2H])c([2H])c(-c2ccc3c(c2)B2c4cc(-c5cc(C(C)(C)C)cc(C(C)(C)C)c5)ccc4C4(c5ccccc5N(c5ccccc5)c5ccccc54)c4cc(-n5c6ccc(C(C)(C)C)cc6c6cc(C(C)(C)C)ccc65)cc(c42)N3c2c(-c3ccccc3)cc(C(C)(C)C)cc2-c2ccccc2)c([2H])c1[2H]. The molecule has 3 nitrogen and oxygen atoms in total. The Kier molecular flexibility index (Phi) is 13.8. The highest BCUT2D eigenvalue weighted by Crippen LogP contribution is 2.61. The highest BCUT2D eigenvalue weighted by atomic mass is 15.2. The van der Waals surface area contributed by atoms with Crippen LogP contribution in [0, 0.1) is 0 Å². The molecule has 3 aliphatic rings. The van der Waals surface area contributed by atoms with Gasteiger partial charge in [0.05, 0.1) is 40.4 Å². The summed E-state index contributed by atoms with van der Waals surface area (Å²) >= 11 is 0. The Bertz CT molecular complexity index is 5800. The lowest BCUT2D eigenvalue weighted by Crippen LogP contribution is -2.65. The lowest BCUT2D eigenvalue weighted by Gasteiger charge is -2.52. The molecular formula is C99H92BN3. The van der Waals surface area contributed by atoms with Crippen LogP contribution in [-0.2, 0) is 32.5 Å². The molecule has 13 aromatic carbocycles. The van der Waals surface area contributed by atoms with Crippen molar-refractivity contribution >= 4 is 79.0 Å². The Labute approximate surface area is 618 Å². The van der Waals surface area contributed by atoms with Crippen LogP contribution in [0.3, 0.4) is 0 Å². The van der Waals surface area contributed by atoms with Crippen LogP contribution in [-0.4, -0.2) is 11.3 Å². The summed E-state index contributed by atoms with van der Waals surface area (Å²) in [6.45, 7) is 34.1. The standard InChI is InChI=1S/C99H92BN3/c1-94(2,3)69-46-50-86-78(57-69)79-58-70(95(4,5)6)47-51-87(79)102(86)75-61-83-92-91(62-75)103(93-76(64-34-22-17-23-35-64)59-73(98(13,14)15)60-77(93)65-36-24-18-25-37-65)90-49-45-66(63-32-20-16-21-33-63)55-85(90)100(92)84-54-67(68-52-71(96(7,8)9)56-72(53-68)97(10,11)12)44-48-80(84)99(83)81-40-28-30-42-88(81)101(74-38-26-19-27-39-74)89-43-31-29-41-82(89)99/h16-62H,1-15H3/i16D,20D,21D,32D,33D. The van der Waals surface area contributed by atoms with Crippen LogP contribution >= 0.6 is 0 Å². The number of hydrogen-bond donors (Lipinski definition) is 0. The van der Waals surface area contributed by atoms with Crippen molar-refractivity contribution in [1.82, 2.24) is 4.57 Å². The number of rotatable bonds is 7. The Morgan fingerprint density at radius 3 is 1.29 bits per heavy atom. The highest BCUT2D eigenvalue weighted by molar-refractivity contribution is 6.99. The zero-order valence-electron chi connectivity index (χ0n) is 67.2. The van der Waals surface area contributed by atoms with Crippen LogP contribution in [0.25, 0.3) is 72.0 Å². The topological polar surface area (TPSA) is 11.4 Å². The van der Waals surface area contributed by atoms with Crippen LogP contribution in [0.5, 0.6) is 0 Å². The minimum Gasteiger partial charge on any atom is -0.310 e. The van der Waals surface area contributed by atoms with Crippen molar-refractivity contribution in [2.24, 2.45) is 0 Å². The zero-order valence-corrected chi connectivity index (χ0v) is 62.2. The van der Waals surface area contributed by atoms with E-state index in [1.807, 2.05) is 6.07 Å². The molecule has 0 bridgehead atoms. The number of aromatic nitrogens is 1. The van der Waals surface area contributed by atoms with Crippen molar-refractivity contribution in [2.75, 3.05) is 9.80 Å². The molecule has 17 rings (SSSR count). The van der Waals surface area contributed by atoms with E-state index >= 15 is 0 Å². The zero-order chi connectivity index (χ0) is 75.8. The largest absolute Gasteiger partial charge is 0.310 e. The van der Waals surface area contributed by atoms with Crippen LogP contribution in [0.4, 0.5) is 34.1 Å². The first-order valence-corrected chi connectivity index (χ1v) is 36.8. The van der Waals surface area contributed by atoms with Crippen molar-refractivity contribution in [3.05, 3.63) is 335 Å². The van der Waals surface area contributed by atoms with Crippen LogP contribution in [0.15, 0.2) is 285 Å². The van der Waals surface area contributed by atoms with E-state index in [1.54, 1.807) is 0 Å². The molecular weight excluding hydrogens is 1240 g/mol. The van der Waals surface area contributed by atoms with Crippen molar-refractivity contribution < 1.29 is 6.85 Å². The molecule has 0 atom stereocenters. The number of nitrogens with zero attached hydrogens (tertiary/aromatic N) is 3. The fourth-order valence-corrected chi connectivity index (χ4v) is 17.0. The third-order valence-corrected chi connectivity index (χ3v) is 22.4. The second kappa shape index (κ2) is 23.7. The van der Waals surface area contributed by atoms with Crippen LogP contribution in [0.2, 0.25) is 0 Å². The molecule has 0 radical (unpaired) electrons. The van der Waals surface area contributed by atoms with Gasteiger partial charge in [-0.25, -0.2) is 0 Å². The van der Waals surface area contributed by atoms with Gasteiger partial charge >= 0.3 is 0 Å². The predicted octanol–water partition coefficient (Wildman–Crippen LogP) is 24.7. The third kappa shape index (κ3) is 10.7. The number of para-hydroxylation sites is 3.